The molecular weight excluding hydrogens is 388 g/mol. The number of halogens is 1. The van der Waals surface area contributed by atoms with Crippen LogP contribution in [-0.4, -0.2) is 35.0 Å². The van der Waals surface area contributed by atoms with Gasteiger partial charge in [-0.15, -0.1) is 0 Å². The molecular formula is C22H34ClN4O2+. The molecule has 1 saturated carbocycles. The average Bonchev–Trinajstić information content (AvgIpc) is 3.13. The number of benzene rings is 1. The normalized spacial score (nSPS) is 26.3. The molecule has 2 fully saturated rings. The lowest BCUT2D eigenvalue weighted by Crippen LogP contribution is -2.67. The van der Waals surface area contributed by atoms with Crippen molar-refractivity contribution in [2.24, 2.45) is 17.4 Å². The number of nitrogens with one attached hydrogen (secondary N) is 1. The minimum Gasteiger partial charge on any atom is -0.326 e. The molecule has 1 aromatic carbocycles. The third-order valence-corrected chi connectivity index (χ3v) is 7.14. The third-order valence-electron chi connectivity index (χ3n) is 6.90. The van der Waals surface area contributed by atoms with Gasteiger partial charge in [0.05, 0.1) is 6.54 Å². The molecule has 29 heavy (non-hydrogen) atoms. The molecule has 3 atom stereocenters. The van der Waals surface area contributed by atoms with Gasteiger partial charge in [0.2, 0.25) is 0 Å². The lowest BCUT2D eigenvalue weighted by Gasteiger charge is -2.37. The molecule has 0 aromatic heterocycles. The SMILES string of the molecule is C[C@@H]1CCC[N+]1(C(=O)NCc1cc(Cl)ccc1CN)C(=O)[C@H](N)C1CCCCC1. The Labute approximate surface area is 178 Å². The van der Waals surface area contributed by atoms with Crippen molar-refractivity contribution in [3.63, 3.8) is 0 Å². The fourth-order valence-corrected chi connectivity index (χ4v) is 5.23. The zero-order valence-corrected chi connectivity index (χ0v) is 18.1. The van der Waals surface area contributed by atoms with E-state index in [9.17, 15) is 9.59 Å². The van der Waals surface area contributed by atoms with Gasteiger partial charge in [0, 0.05) is 31.0 Å². The summed E-state index contributed by atoms with van der Waals surface area (Å²) in [6.45, 7) is 3.17. The summed E-state index contributed by atoms with van der Waals surface area (Å²) in [6, 6.07) is 4.58. The summed E-state index contributed by atoms with van der Waals surface area (Å²) in [6.07, 6.45) is 7.09. The van der Waals surface area contributed by atoms with Gasteiger partial charge in [-0.25, -0.2) is 9.59 Å². The molecule has 1 heterocycles. The molecule has 2 aliphatic rings. The standard InChI is InChI=1S/C22H33ClN4O2/c1-15-6-5-11-27(15,21(28)20(25)16-7-3-2-4-8-16)22(29)26-14-18-12-19(23)10-9-17(18)13-24/h9-10,12,15-16,20H,2-8,11,13-14,24-25H2,1H3/p+1/t15-,20-,27?/m1/s1. The van der Waals surface area contributed by atoms with E-state index in [-0.39, 0.29) is 28.4 Å². The maximum atomic E-state index is 13.6. The van der Waals surface area contributed by atoms with E-state index >= 15 is 0 Å². The van der Waals surface area contributed by atoms with Crippen molar-refractivity contribution >= 4 is 23.5 Å². The molecule has 0 radical (unpaired) electrons. The van der Waals surface area contributed by atoms with Gasteiger partial charge in [0.15, 0.2) is 0 Å². The van der Waals surface area contributed by atoms with Crippen molar-refractivity contribution in [2.75, 3.05) is 6.54 Å². The van der Waals surface area contributed by atoms with Crippen molar-refractivity contribution in [2.45, 2.75) is 77.0 Å². The molecule has 5 N–H and O–H groups in total. The van der Waals surface area contributed by atoms with Gasteiger partial charge in [-0.3, -0.25) is 0 Å². The van der Waals surface area contributed by atoms with Crippen LogP contribution >= 0.6 is 11.6 Å². The lowest BCUT2D eigenvalue weighted by molar-refractivity contribution is -0.785. The van der Waals surface area contributed by atoms with Crippen LogP contribution in [0.25, 0.3) is 0 Å². The number of hydrogen-bond acceptors (Lipinski definition) is 4. The van der Waals surface area contributed by atoms with Crippen LogP contribution in [0.2, 0.25) is 5.02 Å². The molecule has 1 aromatic rings. The second kappa shape index (κ2) is 9.56. The molecule has 3 rings (SSSR count). The predicted molar refractivity (Wildman–Crippen MR) is 115 cm³/mol. The first-order valence-corrected chi connectivity index (χ1v) is 11.2. The zero-order chi connectivity index (χ0) is 21.0. The smallest absolute Gasteiger partial charge is 0.326 e. The van der Waals surface area contributed by atoms with E-state index in [0.717, 1.165) is 49.7 Å². The van der Waals surface area contributed by atoms with Crippen molar-refractivity contribution in [1.82, 2.24) is 5.32 Å². The highest BCUT2D eigenvalue weighted by atomic mass is 35.5. The average molecular weight is 422 g/mol. The summed E-state index contributed by atoms with van der Waals surface area (Å²) in [7, 11) is 0. The molecule has 0 spiro atoms. The van der Waals surface area contributed by atoms with Crippen LogP contribution in [0.1, 0.15) is 63.0 Å². The number of quaternary nitrogens is 1. The third kappa shape index (κ3) is 4.50. The number of carbonyl (C=O) groups is 2. The lowest BCUT2D eigenvalue weighted by atomic mass is 9.83. The van der Waals surface area contributed by atoms with Crippen LogP contribution in [0.15, 0.2) is 18.2 Å². The van der Waals surface area contributed by atoms with Gasteiger partial charge in [0.1, 0.15) is 12.1 Å². The number of likely N-dealkylation sites (tertiary alicyclic amines) is 1. The summed E-state index contributed by atoms with van der Waals surface area (Å²) in [5, 5.41) is 3.59. The minimum atomic E-state index is -0.577. The summed E-state index contributed by atoms with van der Waals surface area (Å²) in [5.41, 5.74) is 14.1. The molecule has 1 unspecified atom stereocenters. The molecule has 3 amide bonds. The first-order chi connectivity index (χ1) is 13.9. The van der Waals surface area contributed by atoms with Crippen LogP contribution in [0.3, 0.4) is 0 Å². The van der Waals surface area contributed by atoms with E-state index < -0.39 is 6.04 Å². The van der Waals surface area contributed by atoms with Crippen molar-refractivity contribution in [3.8, 4) is 0 Å². The van der Waals surface area contributed by atoms with Gasteiger partial charge >= 0.3 is 11.9 Å². The van der Waals surface area contributed by atoms with E-state index in [4.69, 9.17) is 23.1 Å². The number of amides is 3. The summed E-state index contributed by atoms with van der Waals surface area (Å²) in [4.78, 5) is 26.9. The van der Waals surface area contributed by atoms with Crippen LogP contribution in [0, 0.1) is 5.92 Å². The highest BCUT2D eigenvalue weighted by Crippen LogP contribution is 2.33. The van der Waals surface area contributed by atoms with Crippen LogP contribution in [0.5, 0.6) is 0 Å². The van der Waals surface area contributed by atoms with E-state index in [1.165, 1.54) is 6.42 Å². The summed E-state index contributed by atoms with van der Waals surface area (Å²) >= 11 is 6.12. The number of urea groups is 1. The number of carbonyl (C=O) groups excluding carboxylic acids is 2. The molecule has 1 saturated heterocycles. The van der Waals surface area contributed by atoms with E-state index in [2.05, 4.69) is 5.32 Å². The molecule has 7 heteroatoms. The van der Waals surface area contributed by atoms with Gasteiger partial charge < -0.3 is 16.8 Å². The monoisotopic (exact) mass is 421 g/mol. The molecule has 1 aliphatic carbocycles. The van der Waals surface area contributed by atoms with Crippen molar-refractivity contribution in [3.05, 3.63) is 34.3 Å². The topological polar surface area (TPSA) is 98.2 Å². The van der Waals surface area contributed by atoms with E-state index in [1.807, 2.05) is 19.1 Å². The van der Waals surface area contributed by atoms with Gasteiger partial charge in [-0.1, -0.05) is 36.9 Å². The first-order valence-electron chi connectivity index (χ1n) is 10.8. The van der Waals surface area contributed by atoms with Crippen LogP contribution < -0.4 is 16.8 Å². The Bertz CT molecular complexity index is 750. The first kappa shape index (κ1) is 22.2. The second-order valence-corrected chi connectivity index (χ2v) is 9.06. The summed E-state index contributed by atoms with van der Waals surface area (Å²) in [5.74, 6) is 0.0631. The van der Waals surface area contributed by atoms with E-state index in [1.54, 1.807) is 6.07 Å². The Morgan fingerprint density at radius 1 is 1.17 bits per heavy atom. The number of hydrogen-bond donors (Lipinski definition) is 3. The Kier molecular flexibility index (Phi) is 7.32. The van der Waals surface area contributed by atoms with Crippen molar-refractivity contribution < 1.29 is 14.1 Å². The van der Waals surface area contributed by atoms with Gasteiger partial charge in [0.25, 0.3) is 0 Å². The number of nitrogens with two attached hydrogens (primary N) is 2. The predicted octanol–water partition coefficient (Wildman–Crippen LogP) is 3.44. The maximum Gasteiger partial charge on any atom is 0.424 e. The second-order valence-electron chi connectivity index (χ2n) is 8.62. The largest absolute Gasteiger partial charge is 0.424 e. The van der Waals surface area contributed by atoms with E-state index in [0.29, 0.717) is 24.7 Å². The van der Waals surface area contributed by atoms with Crippen LogP contribution in [-0.2, 0) is 17.9 Å². The highest BCUT2D eigenvalue weighted by molar-refractivity contribution is 6.30. The number of nitrogens with zero attached hydrogens (tertiary/aromatic N) is 1. The molecule has 1 aliphatic heterocycles. The fourth-order valence-electron chi connectivity index (χ4n) is 5.04. The summed E-state index contributed by atoms with van der Waals surface area (Å²) < 4.78 is -0.184. The fraction of sp³-hybridized carbons (Fsp3) is 0.636. The highest BCUT2D eigenvalue weighted by Gasteiger charge is 2.55. The molecule has 6 nitrogen and oxygen atoms in total. The Morgan fingerprint density at radius 3 is 2.52 bits per heavy atom. The van der Waals surface area contributed by atoms with Crippen molar-refractivity contribution in [1.29, 1.82) is 0 Å². The number of rotatable bonds is 5. The van der Waals surface area contributed by atoms with Gasteiger partial charge in [-0.05, 0) is 48.9 Å². The number of imide groups is 1. The van der Waals surface area contributed by atoms with Gasteiger partial charge in [-0.2, -0.15) is 4.48 Å². The Hall–Kier alpha value is -1.47. The Morgan fingerprint density at radius 2 is 1.90 bits per heavy atom. The molecule has 160 valence electrons. The zero-order valence-electron chi connectivity index (χ0n) is 17.3. The maximum absolute atomic E-state index is 13.6. The van der Waals surface area contributed by atoms with Crippen LogP contribution in [0.4, 0.5) is 4.79 Å². The molecule has 0 bridgehead atoms. The minimum absolute atomic E-state index is 0.0644. The quantitative estimate of drug-likeness (QED) is 0.634. The Balaban J connectivity index is 1.78.